The molecule has 0 spiro atoms. The summed E-state index contributed by atoms with van der Waals surface area (Å²) in [6, 6.07) is 0.206. The molecule has 0 radical (unpaired) electrons. The fourth-order valence-electron chi connectivity index (χ4n) is 1.18. The summed E-state index contributed by atoms with van der Waals surface area (Å²) < 4.78 is 5.36. The Morgan fingerprint density at radius 3 is 2.22 bits per heavy atom. The molecule has 0 bridgehead atoms. The molecule has 0 aliphatic carbocycles. The SMILES string of the molecule is CC1OCC(C)(C)C1N. The average Bonchev–Trinajstić information content (AvgIpc) is 1.97. The third-order valence-electron chi connectivity index (χ3n) is 2.13. The van der Waals surface area contributed by atoms with E-state index in [1.807, 2.05) is 6.92 Å². The summed E-state index contributed by atoms with van der Waals surface area (Å²) in [5.41, 5.74) is 6.01. The molecule has 0 aromatic heterocycles. The lowest BCUT2D eigenvalue weighted by Crippen LogP contribution is -2.39. The fourth-order valence-corrected chi connectivity index (χ4v) is 1.18. The van der Waals surface area contributed by atoms with Gasteiger partial charge in [0.15, 0.2) is 0 Å². The first-order valence-corrected chi connectivity index (χ1v) is 3.41. The first-order valence-electron chi connectivity index (χ1n) is 3.41. The summed E-state index contributed by atoms with van der Waals surface area (Å²) in [5, 5.41) is 0. The molecule has 1 fully saturated rings. The number of nitrogens with two attached hydrogens (primary N) is 1. The van der Waals surface area contributed by atoms with Crippen molar-refractivity contribution < 1.29 is 4.74 Å². The molecule has 0 aromatic carbocycles. The smallest absolute Gasteiger partial charge is 0.0704 e. The van der Waals surface area contributed by atoms with Crippen molar-refractivity contribution in [2.24, 2.45) is 11.1 Å². The number of rotatable bonds is 0. The van der Waals surface area contributed by atoms with Crippen molar-refractivity contribution in [1.29, 1.82) is 0 Å². The molecule has 2 heteroatoms. The predicted octanol–water partition coefficient (Wildman–Crippen LogP) is 0.759. The Labute approximate surface area is 56.4 Å². The van der Waals surface area contributed by atoms with Crippen LogP contribution in [0, 0.1) is 5.41 Å². The lowest BCUT2D eigenvalue weighted by Gasteiger charge is -2.21. The number of hydrogen-bond donors (Lipinski definition) is 1. The predicted molar refractivity (Wildman–Crippen MR) is 37.2 cm³/mol. The molecule has 54 valence electrons. The van der Waals surface area contributed by atoms with Crippen molar-refractivity contribution in [2.75, 3.05) is 6.61 Å². The molecule has 1 aliphatic rings. The molecule has 0 aromatic rings. The Kier molecular flexibility index (Phi) is 1.53. The summed E-state index contributed by atoms with van der Waals surface area (Å²) >= 11 is 0. The highest BCUT2D eigenvalue weighted by atomic mass is 16.5. The van der Waals surface area contributed by atoms with Gasteiger partial charge in [-0.15, -0.1) is 0 Å². The highest BCUT2D eigenvalue weighted by Gasteiger charge is 2.37. The standard InChI is InChI=1S/C7H15NO/c1-5-6(8)7(2,3)4-9-5/h5-6H,4,8H2,1-3H3. The van der Waals surface area contributed by atoms with Crippen molar-refractivity contribution in [3.63, 3.8) is 0 Å². The lowest BCUT2D eigenvalue weighted by atomic mass is 9.86. The van der Waals surface area contributed by atoms with E-state index in [0.29, 0.717) is 0 Å². The van der Waals surface area contributed by atoms with Crippen molar-refractivity contribution in [3.05, 3.63) is 0 Å². The van der Waals surface area contributed by atoms with E-state index in [0.717, 1.165) is 6.61 Å². The van der Waals surface area contributed by atoms with E-state index in [9.17, 15) is 0 Å². The Hall–Kier alpha value is -0.0800. The summed E-state index contributed by atoms with van der Waals surface area (Å²) in [7, 11) is 0. The molecule has 1 aliphatic heterocycles. The maximum Gasteiger partial charge on any atom is 0.0704 e. The van der Waals surface area contributed by atoms with Crippen molar-refractivity contribution >= 4 is 0 Å². The average molecular weight is 129 g/mol. The maximum absolute atomic E-state index is 5.83. The zero-order valence-corrected chi connectivity index (χ0v) is 6.35. The van der Waals surface area contributed by atoms with E-state index in [2.05, 4.69) is 13.8 Å². The first kappa shape index (κ1) is 7.03. The van der Waals surface area contributed by atoms with E-state index in [1.54, 1.807) is 0 Å². The van der Waals surface area contributed by atoms with E-state index in [1.165, 1.54) is 0 Å². The van der Waals surface area contributed by atoms with Crippen LogP contribution in [0.15, 0.2) is 0 Å². The molecule has 2 nitrogen and oxygen atoms in total. The minimum Gasteiger partial charge on any atom is -0.376 e. The van der Waals surface area contributed by atoms with Gasteiger partial charge in [0.2, 0.25) is 0 Å². The van der Waals surface area contributed by atoms with Gasteiger partial charge in [0.25, 0.3) is 0 Å². The number of ether oxygens (including phenoxy) is 1. The van der Waals surface area contributed by atoms with E-state index in [-0.39, 0.29) is 17.6 Å². The third kappa shape index (κ3) is 1.10. The maximum atomic E-state index is 5.83. The van der Waals surface area contributed by atoms with Gasteiger partial charge in [-0.1, -0.05) is 13.8 Å². The summed E-state index contributed by atoms with van der Waals surface area (Å²) in [5.74, 6) is 0. The van der Waals surface area contributed by atoms with Crippen LogP contribution < -0.4 is 5.73 Å². The Balaban J connectivity index is 2.62. The van der Waals surface area contributed by atoms with Gasteiger partial charge in [-0.3, -0.25) is 0 Å². The Morgan fingerprint density at radius 2 is 2.11 bits per heavy atom. The molecular weight excluding hydrogens is 114 g/mol. The summed E-state index contributed by atoms with van der Waals surface area (Å²) in [6.45, 7) is 7.11. The minimum atomic E-state index is 0.180. The highest BCUT2D eigenvalue weighted by molar-refractivity contribution is 4.90. The third-order valence-corrected chi connectivity index (χ3v) is 2.13. The molecule has 2 N–H and O–H groups in total. The van der Waals surface area contributed by atoms with Gasteiger partial charge in [-0.2, -0.15) is 0 Å². The van der Waals surface area contributed by atoms with Crippen LogP contribution >= 0.6 is 0 Å². The monoisotopic (exact) mass is 129 g/mol. The molecular formula is C7H15NO. The van der Waals surface area contributed by atoms with Gasteiger partial charge in [-0.05, 0) is 6.92 Å². The van der Waals surface area contributed by atoms with Crippen LogP contribution in [0.2, 0.25) is 0 Å². The van der Waals surface area contributed by atoms with Gasteiger partial charge in [0, 0.05) is 11.5 Å². The van der Waals surface area contributed by atoms with Gasteiger partial charge in [-0.25, -0.2) is 0 Å². The second-order valence-electron chi connectivity index (χ2n) is 3.53. The fraction of sp³-hybridized carbons (Fsp3) is 1.00. The van der Waals surface area contributed by atoms with Crippen molar-refractivity contribution in [1.82, 2.24) is 0 Å². The lowest BCUT2D eigenvalue weighted by molar-refractivity contribution is 0.109. The van der Waals surface area contributed by atoms with Gasteiger partial charge < -0.3 is 10.5 Å². The van der Waals surface area contributed by atoms with Crippen LogP contribution in [0.1, 0.15) is 20.8 Å². The van der Waals surface area contributed by atoms with Gasteiger partial charge in [0.1, 0.15) is 0 Å². The van der Waals surface area contributed by atoms with Crippen LogP contribution in [0.3, 0.4) is 0 Å². The molecule has 0 amide bonds. The van der Waals surface area contributed by atoms with Crippen LogP contribution in [-0.2, 0) is 4.74 Å². The second kappa shape index (κ2) is 1.96. The van der Waals surface area contributed by atoms with Crippen LogP contribution in [0.25, 0.3) is 0 Å². The molecule has 1 rings (SSSR count). The Bertz CT molecular complexity index is 111. The van der Waals surface area contributed by atoms with Crippen LogP contribution in [-0.4, -0.2) is 18.8 Å². The molecule has 9 heavy (non-hydrogen) atoms. The molecule has 2 unspecified atom stereocenters. The van der Waals surface area contributed by atoms with E-state index < -0.39 is 0 Å². The van der Waals surface area contributed by atoms with E-state index >= 15 is 0 Å². The zero-order valence-electron chi connectivity index (χ0n) is 6.35. The highest BCUT2D eigenvalue weighted by Crippen LogP contribution is 2.29. The minimum absolute atomic E-state index is 0.180. The molecule has 1 saturated heterocycles. The van der Waals surface area contributed by atoms with Crippen molar-refractivity contribution in [2.45, 2.75) is 32.9 Å². The molecule has 1 heterocycles. The summed E-state index contributed by atoms with van der Waals surface area (Å²) in [6.07, 6.45) is 0.236. The quantitative estimate of drug-likeness (QED) is 0.524. The number of hydrogen-bond acceptors (Lipinski definition) is 2. The molecule has 0 saturated carbocycles. The van der Waals surface area contributed by atoms with Gasteiger partial charge in [0.05, 0.1) is 12.7 Å². The summed E-state index contributed by atoms with van der Waals surface area (Å²) in [4.78, 5) is 0. The molecule has 2 atom stereocenters. The van der Waals surface area contributed by atoms with Crippen LogP contribution in [0.5, 0.6) is 0 Å². The van der Waals surface area contributed by atoms with Crippen molar-refractivity contribution in [3.8, 4) is 0 Å². The van der Waals surface area contributed by atoms with E-state index in [4.69, 9.17) is 10.5 Å². The topological polar surface area (TPSA) is 35.2 Å². The zero-order chi connectivity index (χ0) is 7.07. The largest absolute Gasteiger partial charge is 0.376 e. The normalized spacial score (nSPS) is 41.3. The van der Waals surface area contributed by atoms with Crippen LogP contribution in [0.4, 0.5) is 0 Å². The van der Waals surface area contributed by atoms with Gasteiger partial charge >= 0.3 is 0 Å². The Morgan fingerprint density at radius 1 is 1.56 bits per heavy atom. The second-order valence-corrected chi connectivity index (χ2v) is 3.53. The first-order chi connectivity index (χ1) is 4.04.